The molecule has 0 spiro atoms. The zero-order valence-electron chi connectivity index (χ0n) is 13.7. The van der Waals surface area contributed by atoms with Gasteiger partial charge in [-0.15, -0.1) is 0 Å². The first-order valence-electron chi connectivity index (χ1n) is 8.32. The van der Waals surface area contributed by atoms with Gasteiger partial charge in [0.25, 0.3) is 0 Å². The van der Waals surface area contributed by atoms with Crippen LogP contribution in [0.2, 0.25) is 0 Å². The molecule has 0 N–H and O–H groups in total. The molecule has 0 saturated carbocycles. The predicted octanol–water partition coefficient (Wildman–Crippen LogP) is 4.15. The molecule has 5 heteroatoms. The number of morpholine rings is 1. The van der Waals surface area contributed by atoms with Crippen molar-refractivity contribution >= 4 is 21.4 Å². The number of nitriles is 1. The van der Waals surface area contributed by atoms with Crippen LogP contribution in [0.3, 0.4) is 0 Å². The Morgan fingerprint density at radius 3 is 3.00 bits per heavy atom. The molecule has 0 amide bonds. The highest BCUT2D eigenvalue weighted by atomic mass is 79.9. The van der Waals surface area contributed by atoms with Gasteiger partial charge >= 0.3 is 0 Å². The molecular weight excluding hydrogens is 378 g/mol. The number of benzene rings is 1. The van der Waals surface area contributed by atoms with E-state index in [9.17, 15) is 5.26 Å². The van der Waals surface area contributed by atoms with Crippen LogP contribution < -0.4 is 0 Å². The largest absolute Gasteiger partial charge is 0.371 e. The normalized spacial score (nSPS) is 18.3. The lowest BCUT2D eigenvalue weighted by Gasteiger charge is -2.33. The molecule has 2 aromatic heterocycles. The van der Waals surface area contributed by atoms with Crippen molar-refractivity contribution in [1.29, 1.82) is 5.26 Å². The van der Waals surface area contributed by atoms with Crippen LogP contribution >= 0.6 is 15.9 Å². The lowest BCUT2D eigenvalue weighted by atomic mass is 10.1. The lowest BCUT2D eigenvalue weighted by molar-refractivity contribution is -0.0329. The molecule has 1 aliphatic rings. The first-order chi connectivity index (χ1) is 12.2. The zero-order valence-corrected chi connectivity index (χ0v) is 15.3. The fourth-order valence-electron chi connectivity index (χ4n) is 3.42. The van der Waals surface area contributed by atoms with Crippen molar-refractivity contribution in [2.45, 2.75) is 12.6 Å². The highest BCUT2D eigenvalue weighted by Crippen LogP contribution is 2.27. The van der Waals surface area contributed by atoms with Crippen molar-refractivity contribution in [2.75, 3.05) is 19.7 Å². The van der Waals surface area contributed by atoms with Crippen molar-refractivity contribution < 1.29 is 4.74 Å². The van der Waals surface area contributed by atoms with E-state index >= 15 is 0 Å². The molecule has 25 heavy (non-hydrogen) atoms. The summed E-state index contributed by atoms with van der Waals surface area (Å²) in [6.45, 7) is 3.17. The molecule has 1 unspecified atom stereocenters. The summed E-state index contributed by atoms with van der Waals surface area (Å²) in [6.07, 6.45) is 4.12. The Kier molecular flexibility index (Phi) is 4.58. The van der Waals surface area contributed by atoms with Gasteiger partial charge in [0.1, 0.15) is 6.07 Å². The topological polar surface area (TPSA) is 40.7 Å². The van der Waals surface area contributed by atoms with Gasteiger partial charge in [-0.3, -0.25) is 4.90 Å². The monoisotopic (exact) mass is 395 g/mol. The van der Waals surface area contributed by atoms with E-state index in [0.717, 1.165) is 40.8 Å². The van der Waals surface area contributed by atoms with E-state index in [4.69, 9.17) is 4.74 Å². The minimum atomic E-state index is 0.0637. The van der Waals surface area contributed by atoms with E-state index < -0.39 is 0 Å². The number of hydrogen-bond donors (Lipinski definition) is 0. The average Bonchev–Trinajstić information content (AvgIpc) is 2.99. The minimum absolute atomic E-state index is 0.0637. The van der Waals surface area contributed by atoms with E-state index in [2.05, 4.69) is 45.2 Å². The maximum atomic E-state index is 9.58. The highest BCUT2D eigenvalue weighted by Gasteiger charge is 2.23. The zero-order chi connectivity index (χ0) is 17.2. The molecule has 3 aromatic rings. The summed E-state index contributed by atoms with van der Waals surface area (Å²) in [6, 6.07) is 16.6. The van der Waals surface area contributed by atoms with Gasteiger partial charge in [0.05, 0.1) is 23.8 Å². The molecule has 1 aliphatic heterocycles. The Morgan fingerprint density at radius 1 is 1.24 bits per heavy atom. The van der Waals surface area contributed by atoms with Crippen LogP contribution in [0.15, 0.2) is 59.3 Å². The second kappa shape index (κ2) is 7.01. The van der Waals surface area contributed by atoms with Crippen LogP contribution in [-0.4, -0.2) is 29.0 Å². The van der Waals surface area contributed by atoms with E-state index in [1.54, 1.807) is 0 Å². The summed E-state index contributed by atoms with van der Waals surface area (Å²) in [5.41, 5.74) is 3.99. The van der Waals surface area contributed by atoms with Gasteiger partial charge in [-0.1, -0.05) is 34.1 Å². The standard InChI is InChI=1S/C20H18BrN3O/c21-17-5-3-4-15(10-17)20-14-23(8-9-25-20)12-16-13-24-7-2-1-6-19(24)18(16)11-22/h1-7,10,13,20H,8-9,12,14H2. The molecule has 1 aromatic carbocycles. The van der Waals surface area contributed by atoms with Gasteiger partial charge in [0.15, 0.2) is 0 Å². The molecule has 1 saturated heterocycles. The molecule has 0 aliphatic carbocycles. The molecular formula is C20H18BrN3O. The van der Waals surface area contributed by atoms with Gasteiger partial charge in [0, 0.05) is 42.1 Å². The van der Waals surface area contributed by atoms with Gasteiger partial charge < -0.3 is 9.14 Å². The molecule has 1 fully saturated rings. The van der Waals surface area contributed by atoms with Gasteiger partial charge in [-0.25, -0.2) is 0 Å². The molecule has 3 heterocycles. The third-order valence-corrected chi connectivity index (χ3v) is 5.13. The number of hydrogen-bond acceptors (Lipinski definition) is 3. The number of pyridine rings is 1. The summed E-state index contributed by atoms with van der Waals surface area (Å²) >= 11 is 3.53. The quantitative estimate of drug-likeness (QED) is 0.668. The Balaban J connectivity index is 1.56. The number of halogens is 1. The lowest BCUT2D eigenvalue weighted by Crippen LogP contribution is -2.37. The fraction of sp³-hybridized carbons (Fsp3) is 0.250. The van der Waals surface area contributed by atoms with Gasteiger partial charge in [-0.2, -0.15) is 5.26 Å². The molecule has 0 bridgehead atoms. The van der Waals surface area contributed by atoms with Gasteiger partial charge in [-0.05, 0) is 29.8 Å². The van der Waals surface area contributed by atoms with E-state index in [1.165, 1.54) is 5.56 Å². The molecule has 0 radical (unpaired) electrons. The van der Waals surface area contributed by atoms with Crippen LogP contribution in [0.4, 0.5) is 0 Å². The molecule has 4 rings (SSSR count). The summed E-state index contributed by atoms with van der Waals surface area (Å²) in [7, 11) is 0. The maximum Gasteiger partial charge on any atom is 0.102 e. The molecule has 126 valence electrons. The highest BCUT2D eigenvalue weighted by molar-refractivity contribution is 9.10. The van der Waals surface area contributed by atoms with Gasteiger partial charge in [0.2, 0.25) is 0 Å². The predicted molar refractivity (Wildman–Crippen MR) is 100 cm³/mol. The number of aromatic nitrogens is 1. The van der Waals surface area contributed by atoms with Crippen molar-refractivity contribution in [1.82, 2.24) is 9.30 Å². The summed E-state index contributed by atoms with van der Waals surface area (Å²) in [4.78, 5) is 2.37. The number of ether oxygens (including phenoxy) is 1. The van der Waals surface area contributed by atoms with Crippen molar-refractivity contribution in [3.63, 3.8) is 0 Å². The van der Waals surface area contributed by atoms with E-state index in [0.29, 0.717) is 6.61 Å². The second-order valence-corrected chi connectivity index (χ2v) is 7.20. The number of rotatable bonds is 3. The smallest absolute Gasteiger partial charge is 0.102 e. The Bertz CT molecular complexity index is 944. The SMILES string of the molecule is N#Cc1c(CN2CCOC(c3cccc(Br)c3)C2)cn2ccccc12. The van der Waals surface area contributed by atoms with Crippen LogP contribution in [-0.2, 0) is 11.3 Å². The fourth-order valence-corrected chi connectivity index (χ4v) is 3.84. The average molecular weight is 396 g/mol. The Hall–Kier alpha value is -2.13. The first-order valence-corrected chi connectivity index (χ1v) is 9.12. The third kappa shape index (κ3) is 3.34. The number of fused-ring (bicyclic) bond motifs is 1. The van der Waals surface area contributed by atoms with Crippen LogP contribution in [0.5, 0.6) is 0 Å². The summed E-state index contributed by atoms with van der Waals surface area (Å²) in [5.74, 6) is 0. The van der Waals surface area contributed by atoms with Crippen molar-refractivity contribution in [3.8, 4) is 6.07 Å². The maximum absolute atomic E-state index is 9.58. The third-order valence-electron chi connectivity index (χ3n) is 4.64. The summed E-state index contributed by atoms with van der Waals surface area (Å²) in [5, 5.41) is 9.58. The minimum Gasteiger partial charge on any atom is -0.371 e. The second-order valence-electron chi connectivity index (χ2n) is 6.28. The Morgan fingerprint density at radius 2 is 2.16 bits per heavy atom. The Labute approximate surface area is 155 Å². The van der Waals surface area contributed by atoms with Crippen LogP contribution in [0.25, 0.3) is 5.52 Å². The van der Waals surface area contributed by atoms with E-state index in [-0.39, 0.29) is 6.10 Å². The molecule has 4 nitrogen and oxygen atoms in total. The van der Waals surface area contributed by atoms with E-state index in [1.807, 2.05) is 40.9 Å². The summed E-state index contributed by atoms with van der Waals surface area (Å²) < 4.78 is 9.06. The van der Waals surface area contributed by atoms with Crippen LogP contribution in [0, 0.1) is 11.3 Å². The van der Waals surface area contributed by atoms with Crippen LogP contribution in [0.1, 0.15) is 22.8 Å². The van der Waals surface area contributed by atoms with Crippen molar-refractivity contribution in [3.05, 3.63) is 76.0 Å². The van der Waals surface area contributed by atoms with Crippen molar-refractivity contribution in [2.24, 2.45) is 0 Å². The first kappa shape index (κ1) is 16.3. The molecule has 1 atom stereocenters. The number of nitrogens with zero attached hydrogens (tertiary/aromatic N) is 3.